The lowest BCUT2D eigenvalue weighted by Gasteiger charge is -2.37. The Bertz CT molecular complexity index is 982. The molecule has 3 amide bonds. The van der Waals surface area contributed by atoms with Crippen LogP contribution in [0.5, 0.6) is 0 Å². The van der Waals surface area contributed by atoms with E-state index < -0.39 is 5.91 Å². The minimum atomic E-state index is -0.392. The van der Waals surface area contributed by atoms with Gasteiger partial charge in [-0.25, -0.2) is 0 Å². The van der Waals surface area contributed by atoms with E-state index in [9.17, 15) is 14.4 Å². The second kappa shape index (κ2) is 9.77. The molecule has 2 saturated heterocycles. The number of aromatic nitrogens is 2. The maximum atomic E-state index is 13.0. The number of hydrogen-bond donors (Lipinski definition) is 1. The fourth-order valence-corrected chi connectivity index (χ4v) is 4.92. The third kappa shape index (κ3) is 5.15. The zero-order valence-corrected chi connectivity index (χ0v) is 19.4. The molecule has 0 radical (unpaired) electrons. The van der Waals surface area contributed by atoms with E-state index in [2.05, 4.69) is 22.4 Å². The number of nitrogens with one attached hydrogen (secondary N) is 1. The molecule has 0 saturated carbocycles. The van der Waals surface area contributed by atoms with E-state index in [4.69, 9.17) is 0 Å². The van der Waals surface area contributed by atoms with Gasteiger partial charge in [0.25, 0.3) is 11.8 Å². The Morgan fingerprint density at radius 3 is 2.38 bits per heavy atom. The van der Waals surface area contributed by atoms with Crippen molar-refractivity contribution in [2.24, 2.45) is 11.8 Å². The van der Waals surface area contributed by atoms with Gasteiger partial charge in [0.15, 0.2) is 0 Å². The first-order valence-electron chi connectivity index (χ1n) is 11.2. The van der Waals surface area contributed by atoms with Crippen molar-refractivity contribution in [2.75, 3.05) is 31.5 Å². The lowest BCUT2D eigenvalue weighted by molar-refractivity contribution is -0.138. The first-order valence-corrected chi connectivity index (χ1v) is 12.0. The Balaban J connectivity index is 1.36. The Labute approximate surface area is 192 Å². The van der Waals surface area contributed by atoms with Crippen molar-refractivity contribution < 1.29 is 14.4 Å². The van der Waals surface area contributed by atoms with E-state index in [1.807, 2.05) is 36.1 Å². The van der Waals surface area contributed by atoms with Gasteiger partial charge in [0, 0.05) is 31.9 Å². The monoisotopic (exact) mass is 455 g/mol. The van der Waals surface area contributed by atoms with Gasteiger partial charge in [-0.1, -0.05) is 36.0 Å². The van der Waals surface area contributed by atoms with Crippen LogP contribution in [0.15, 0.2) is 24.3 Å². The second-order valence-electron chi connectivity index (χ2n) is 8.83. The van der Waals surface area contributed by atoms with E-state index in [1.54, 1.807) is 4.90 Å². The summed E-state index contributed by atoms with van der Waals surface area (Å²) in [6.07, 6.45) is 3.67. The summed E-state index contributed by atoms with van der Waals surface area (Å²) in [6.45, 7) is 6.79. The van der Waals surface area contributed by atoms with E-state index in [0.717, 1.165) is 55.7 Å². The van der Waals surface area contributed by atoms with Crippen molar-refractivity contribution in [3.63, 3.8) is 0 Å². The standard InChI is InChI=1S/C23H29N5O3S/c1-15-5-7-18(8-6-15)24-19(29)20-25-26-21(32-20)23(31)28-11-3-4-17(14-28)22(30)27-12-9-16(2)10-13-27/h5-8,16-17H,3-4,9-14H2,1-2H3,(H,24,29)/t17-/m0/s1. The van der Waals surface area contributed by atoms with E-state index in [-0.39, 0.29) is 27.7 Å². The fourth-order valence-electron chi connectivity index (χ4n) is 4.21. The number of amides is 3. The molecule has 32 heavy (non-hydrogen) atoms. The van der Waals surface area contributed by atoms with Crippen LogP contribution in [0.4, 0.5) is 5.69 Å². The highest BCUT2D eigenvalue weighted by molar-refractivity contribution is 7.15. The number of hydrogen-bond acceptors (Lipinski definition) is 6. The average Bonchev–Trinajstić information content (AvgIpc) is 3.31. The smallest absolute Gasteiger partial charge is 0.286 e. The molecule has 1 atom stereocenters. The molecule has 2 aliphatic rings. The van der Waals surface area contributed by atoms with Crippen LogP contribution >= 0.6 is 11.3 Å². The Hall–Kier alpha value is -2.81. The van der Waals surface area contributed by atoms with Gasteiger partial charge in [0.2, 0.25) is 15.9 Å². The van der Waals surface area contributed by atoms with Crippen LogP contribution in [0.2, 0.25) is 0 Å². The molecule has 9 heteroatoms. The van der Waals surface area contributed by atoms with Gasteiger partial charge in [0.05, 0.1) is 5.92 Å². The molecule has 0 bridgehead atoms. The lowest BCUT2D eigenvalue weighted by Crippen LogP contribution is -2.48. The van der Waals surface area contributed by atoms with Crippen molar-refractivity contribution in [2.45, 2.75) is 39.5 Å². The average molecular weight is 456 g/mol. The highest BCUT2D eigenvalue weighted by atomic mass is 32.1. The Morgan fingerprint density at radius 1 is 0.969 bits per heavy atom. The molecule has 1 aromatic carbocycles. The zero-order valence-electron chi connectivity index (χ0n) is 18.5. The highest BCUT2D eigenvalue weighted by Gasteiger charge is 2.33. The van der Waals surface area contributed by atoms with Crippen LogP contribution in [0.1, 0.15) is 57.8 Å². The molecule has 2 aliphatic heterocycles. The molecule has 1 N–H and O–H groups in total. The quantitative estimate of drug-likeness (QED) is 0.764. The normalized spacial score (nSPS) is 19.6. The Morgan fingerprint density at radius 2 is 1.66 bits per heavy atom. The van der Waals surface area contributed by atoms with Gasteiger partial charge in [-0.15, -0.1) is 10.2 Å². The van der Waals surface area contributed by atoms with Crippen LogP contribution in [0.25, 0.3) is 0 Å². The molecule has 0 aliphatic carbocycles. The maximum absolute atomic E-state index is 13.0. The van der Waals surface area contributed by atoms with E-state index in [1.165, 1.54) is 0 Å². The molecule has 1 aromatic heterocycles. The molecule has 170 valence electrons. The molecule has 0 unspecified atom stereocenters. The minimum Gasteiger partial charge on any atom is -0.342 e. The number of likely N-dealkylation sites (tertiary alicyclic amines) is 2. The molecule has 0 spiro atoms. The topological polar surface area (TPSA) is 95.5 Å². The SMILES string of the molecule is Cc1ccc(NC(=O)c2nnc(C(=O)N3CCC[C@H](C(=O)N4CCC(C)CC4)C3)s2)cc1. The maximum Gasteiger partial charge on any atom is 0.286 e. The molecule has 2 fully saturated rings. The van der Waals surface area contributed by atoms with Crippen molar-refractivity contribution in [1.82, 2.24) is 20.0 Å². The van der Waals surface area contributed by atoms with Gasteiger partial charge in [-0.2, -0.15) is 0 Å². The fraction of sp³-hybridized carbons (Fsp3) is 0.522. The third-order valence-electron chi connectivity index (χ3n) is 6.26. The lowest BCUT2D eigenvalue weighted by atomic mass is 9.93. The van der Waals surface area contributed by atoms with Crippen LogP contribution in [-0.2, 0) is 4.79 Å². The Kier molecular flexibility index (Phi) is 6.83. The van der Waals surface area contributed by atoms with Gasteiger partial charge in [-0.3, -0.25) is 14.4 Å². The number of anilines is 1. The van der Waals surface area contributed by atoms with Gasteiger partial charge in [-0.05, 0) is 50.7 Å². The number of nitrogens with zero attached hydrogens (tertiary/aromatic N) is 4. The minimum absolute atomic E-state index is 0.140. The van der Waals surface area contributed by atoms with Crippen molar-refractivity contribution in [1.29, 1.82) is 0 Å². The van der Waals surface area contributed by atoms with Gasteiger partial charge >= 0.3 is 0 Å². The van der Waals surface area contributed by atoms with Crippen molar-refractivity contribution >= 4 is 34.7 Å². The predicted octanol–water partition coefficient (Wildman–Crippen LogP) is 3.21. The highest BCUT2D eigenvalue weighted by Crippen LogP contribution is 2.25. The summed E-state index contributed by atoms with van der Waals surface area (Å²) in [4.78, 5) is 42.1. The zero-order chi connectivity index (χ0) is 22.7. The third-order valence-corrected chi connectivity index (χ3v) is 7.17. The van der Waals surface area contributed by atoms with Crippen molar-refractivity contribution in [3.8, 4) is 0 Å². The second-order valence-corrected chi connectivity index (χ2v) is 9.81. The largest absolute Gasteiger partial charge is 0.342 e. The number of piperidine rings is 2. The summed E-state index contributed by atoms with van der Waals surface area (Å²) < 4.78 is 0. The summed E-state index contributed by atoms with van der Waals surface area (Å²) in [6, 6.07) is 7.44. The first-order chi connectivity index (χ1) is 15.4. The summed E-state index contributed by atoms with van der Waals surface area (Å²) in [5.74, 6) is -0.000434. The molecular formula is C23H29N5O3S. The predicted molar refractivity (Wildman–Crippen MR) is 123 cm³/mol. The molecule has 2 aromatic rings. The molecule has 3 heterocycles. The summed E-state index contributed by atoms with van der Waals surface area (Å²) >= 11 is 0.982. The summed E-state index contributed by atoms with van der Waals surface area (Å²) in [5, 5.41) is 11.0. The molecular weight excluding hydrogens is 426 g/mol. The summed E-state index contributed by atoms with van der Waals surface area (Å²) in [5.41, 5.74) is 1.76. The van der Waals surface area contributed by atoms with E-state index >= 15 is 0 Å². The number of carbonyl (C=O) groups is 3. The van der Waals surface area contributed by atoms with Crippen LogP contribution in [0, 0.1) is 18.8 Å². The number of aryl methyl sites for hydroxylation is 1. The first kappa shape index (κ1) is 22.4. The van der Waals surface area contributed by atoms with Crippen LogP contribution in [-0.4, -0.2) is 63.9 Å². The number of benzene rings is 1. The number of carbonyl (C=O) groups excluding carboxylic acids is 3. The molecule has 4 rings (SSSR count). The number of rotatable bonds is 4. The van der Waals surface area contributed by atoms with Crippen molar-refractivity contribution in [3.05, 3.63) is 39.8 Å². The van der Waals surface area contributed by atoms with Gasteiger partial charge in [0.1, 0.15) is 0 Å². The summed E-state index contributed by atoms with van der Waals surface area (Å²) in [7, 11) is 0. The van der Waals surface area contributed by atoms with Crippen LogP contribution < -0.4 is 5.32 Å². The van der Waals surface area contributed by atoms with Crippen LogP contribution in [0.3, 0.4) is 0 Å². The molecule has 8 nitrogen and oxygen atoms in total. The van der Waals surface area contributed by atoms with E-state index in [0.29, 0.717) is 24.7 Å². The van der Waals surface area contributed by atoms with Gasteiger partial charge < -0.3 is 15.1 Å².